The van der Waals surface area contributed by atoms with Crippen LogP contribution in [0.4, 0.5) is 5.69 Å². The summed E-state index contributed by atoms with van der Waals surface area (Å²) in [6.45, 7) is -0.355. The van der Waals surface area contributed by atoms with Crippen molar-refractivity contribution < 1.29 is 24.2 Å². The van der Waals surface area contributed by atoms with E-state index >= 15 is 0 Å². The monoisotopic (exact) mass is 350 g/mol. The lowest BCUT2D eigenvalue weighted by molar-refractivity contribution is -0.147. The van der Waals surface area contributed by atoms with Gasteiger partial charge in [-0.3, -0.25) is 14.5 Å². The van der Waals surface area contributed by atoms with Crippen LogP contribution in [0.15, 0.2) is 24.3 Å². The molecule has 0 atom stereocenters. The Morgan fingerprint density at radius 2 is 2.00 bits per heavy atom. The molecule has 0 aliphatic carbocycles. The number of fused-ring (bicyclic) bond motifs is 1. The summed E-state index contributed by atoms with van der Waals surface area (Å²) in [5.41, 5.74) is -0.718. The molecule has 0 aromatic heterocycles. The fraction of sp³-hybridized carbons (Fsp3) is 0.438. The first-order chi connectivity index (χ1) is 11.5. The highest BCUT2D eigenvalue weighted by Gasteiger charge is 2.41. The van der Waals surface area contributed by atoms with Gasteiger partial charge in [-0.15, -0.1) is 0 Å². The van der Waals surface area contributed by atoms with Crippen molar-refractivity contribution in [3.63, 3.8) is 0 Å². The zero-order valence-corrected chi connectivity index (χ0v) is 13.8. The number of para-hydroxylation sites is 2. The van der Waals surface area contributed by atoms with Crippen molar-refractivity contribution >= 4 is 35.2 Å². The Bertz CT molecular complexity index is 672. The predicted octanol–water partition coefficient (Wildman–Crippen LogP) is 0.879. The molecule has 1 saturated heterocycles. The number of nitrogens with zero attached hydrogens (tertiary/aromatic N) is 1. The number of rotatable bonds is 4. The van der Waals surface area contributed by atoms with Crippen LogP contribution >= 0.6 is 11.8 Å². The second-order valence-corrected chi connectivity index (χ2v) is 7.01. The Morgan fingerprint density at radius 3 is 2.71 bits per heavy atom. The Balaban J connectivity index is 1.75. The number of benzene rings is 1. The molecule has 2 heterocycles. The van der Waals surface area contributed by atoms with Crippen molar-refractivity contribution in [2.45, 2.75) is 18.4 Å². The molecule has 1 aromatic carbocycles. The van der Waals surface area contributed by atoms with Crippen molar-refractivity contribution in [1.82, 2.24) is 5.32 Å². The van der Waals surface area contributed by atoms with Gasteiger partial charge in [-0.2, -0.15) is 11.8 Å². The Kier molecular flexibility index (Phi) is 4.66. The summed E-state index contributed by atoms with van der Waals surface area (Å²) in [6.07, 6.45) is 0.763. The third kappa shape index (κ3) is 3.19. The fourth-order valence-electron chi connectivity index (χ4n) is 2.89. The van der Waals surface area contributed by atoms with E-state index in [-0.39, 0.29) is 19.1 Å². The number of hydrogen-bond acceptors (Lipinski definition) is 5. The van der Waals surface area contributed by atoms with E-state index in [0.717, 1.165) is 0 Å². The Hall–Kier alpha value is -2.22. The highest BCUT2D eigenvalue weighted by molar-refractivity contribution is 7.99. The highest BCUT2D eigenvalue weighted by atomic mass is 32.2. The number of carbonyl (C=O) groups is 3. The number of hydrogen-bond donors (Lipinski definition) is 2. The van der Waals surface area contributed by atoms with E-state index in [0.29, 0.717) is 35.8 Å². The zero-order valence-electron chi connectivity index (χ0n) is 13.0. The summed E-state index contributed by atoms with van der Waals surface area (Å²) >= 11 is 1.67. The number of anilines is 1. The SMILES string of the molecule is O=C(CN1C(=O)COc2ccccc21)NC1(C(=O)O)CCSCC1. The molecule has 3 rings (SSSR count). The zero-order chi connectivity index (χ0) is 17.2. The maximum absolute atomic E-state index is 12.4. The number of aliphatic carboxylic acids is 1. The highest BCUT2D eigenvalue weighted by Crippen LogP contribution is 2.31. The molecule has 2 aliphatic heterocycles. The topological polar surface area (TPSA) is 95.9 Å². The van der Waals surface area contributed by atoms with Crippen molar-refractivity contribution in [1.29, 1.82) is 0 Å². The molecule has 24 heavy (non-hydrogen) atoms. The molecular formula is C16H18N2O5S. The molecule has 128 valence electrons. The van der Waals surface area contributed by atoms with E-state index in [1.54, 1.807) is 36.0 Å². The van der Waals surface area contributed by atoms with Crippen molar-refractivity contribution in [2.75, 3.05) is 29.6 Å². The van der Waals surface area contributed by atoms with Gasteiger partial charge in [-0.05, 0) is 36.5 Å². The molecule has 2 N–H and O–H groups in total. The number of carboxylic acids is 1. The first kappa shape index (κ1) is 16.6. The molecule has 8 heteroatoms. The van der Waals surface area contributed by atoms with Crippen LogP contribution in [-0.4, -0.2) is 53.1 Å². The fourth-order valence-corrected chi connectivity index (χ4v) is 4.08. The first-order valence-corrected chi connectivity index (χ1v) is 8.82. The average molecular weight is 350 g/mol. The summed E-state index contributed by atoms with van der Waals surface area (Å²) in [4.78, 5) is 37.5. The molecule has 2 aliphatic rings. The van der Waals surface area contributed by atoms with Crippen molar-refractivity contribution in [2.24, 2.45) is 0 Å². The maximum atomic E-state index is 12.4. The minimum Gasteiger partial charge on any atom is -0.482 e. The lowest BCUT2D eigenvalue weighted by Crippen LogP contribution is -2.59. The van der Waals surface area contributed by atoms with E-state index < -0.39 is 17.4 Å². The standard InChI is InChI=1S/C16H18N2O5S/c19-13(17-16(15(21)22)5-7-24-8-6-16)9-18-11-3-1-2-4-12(11)23-10-14(18)20/h1-4H,5-10H2,(H,17,19)(H,21,22). The normalized spacial score (nSPS) is 19.2. The molecular weight excluding hydrogens is 332 g/mol. The van der Waals surface area contributed by atoms with Crippen LogP contribution in [0.2, 0.25) is 0 Å². The Morgan fingerprint density at radius 1 is 1.29 bits per heavy atom. The van der Waals surface area contributed by atoms with Gasteiger partial charge < -0.3 is 15.2 Å². The van der Waals surface area contributed by atoms with Gasteiger partial charge in [0.2, 0.25) is 5.91 Å². The van der Waals surface area contributed by atoms with E-state index in [2.05, 4.69) is 5.32 Å². The number of ether oxygens (including phenoxy) is 1. The third-order valence-electron chi connectivity index (χ3n) is 4.24. The number of nitrogens with one attached hydrogen (secondary N) is 1. The van der Waals surface area contributed by atoms with E-state index in [1.807, 2.05) is 0 Å². The van der Waals surface area contributed by atoms with Crippen molar-refractivity contribution in [3.05, 3.63) is 24.3 Å². The molecule has 0 bridgehead atoms. The van der Waals surface area contributed by atoms with Crippen LogP contribution < -0.4 is 15.0 Å². The smallest absolute Gasteiger partial charge is 0.329 e. The molecule has 0 saturated carbocycles. The van der Waals surface area contributed by atoms with Gasteiger partial charge in [0, 0.05) is 0 Å². The number of carboxylic acid groups (broad SMARTS) is 1. The van der Waals surface area contributed by atoms with Gasteiger partial charge in [0.1, 0.15) is 17.8 Å². The summed E-state index contributed by atoms with van der Waals surface area (Å²) in [5.74, 6) is 0.0798. The van der Waals surface area contributed by atoms with E-state index in [9.17, 15) is 19.5 Å². The van der Waals surface area contributed by atoms with Gasteiger partial charge >= 0.3 is 5.97 Å². The summed E-state index contributed by atoms with van der Waals surface area (Å²) in [6, 6.07) is 6.96. The third-order valence-corrected chi connectivity index (χ3v) is 5.23. The minimum atomic E-state index is -1.24. The van der Waals surface area contributed by atoms with Crippen LogP contribution in [-0.2, 0) is 14.4 Å². The molecule has 7 nitrogen and oxygen atoms in total. The van der Waals surface area contributed by atoms with E-state index in [4.69, 9.17) is 4.74 Å². The first-order valence-electron chi connectivity index (χ1n) is 7.66. The Labute approximate surface area is 143 Å². The molecule has 1 fully saturated rings. The van der Waals surface area contributed by atoms with Crippen LogP contribution in [0.25, 0.3) is 0 Å². The molecule has 0 spiro atoms. The van der Waals surface area contributed by atoms with Crippen LogP contribution in [0.5, 0.6) is 5.75 Å². The average Bonchev–Trinajstić information content (AvgIpc) is 2.58. The lowest BCUT2D eigenvalue weighted by atomic mass is 9.92. The minimum absolute atomic E-state index is 0.134. The number of thioether (sulfide) groups is 1. The van der Waals surface area contributed by atoms with Gasteiger partial charge in [0.25, 0.3) is 5.91 Å². The second-order valence-electron chi connectivity index (χ2n) is 5.78. The number of carbonyl (C=O) groups excluding carboxylic acids is 2. The quantitative estimate of drug-likeness (QED) is 0.837. The summed E-state index contributed by atoms with van der Waals surface area (Å²) < 4.78 is 5.34. The van der Waals surface area contributed by atoms with Gasteiger partial charge in [-0.25, -0.2) is 4.79 Å². The largest absolute Gasteiger partial charge is 0.482 e. The second kappa shape index (κ2) is 6.72. The molecule has 0 unspecified atom stereocenters. The van der Waals surface area contributed by atoms with E-state index in [1.165, 1.54) is 4.90 Å². The summed E-state index contributed by atoms with van der Waals surface area (Å²) in [7, 11) is 0. The van der Waals surface area contributed by atoms with Gasteiger partial charge in [0.05, 0.1) is 5.69 Å². The van der Waals surface area contributed by atoms with Crippen LogP contribution in [0.1, 0.15) is 12.8 Å². The maximum Gasteiger partial charge on any atom is 0.329 e. The van der Waals surface area contributed by atoms with Gasteiger partial charge in [-0.1, -0.05) is 12.1 Å². The van der Waals surface area contributed by atoms with Crippen molar-refractivity contribution in [3.8, 4) is 5.75 Å². The predicted molar refractivity (Wildman–Crippen MR) is 89.4 cm³/mol. The molecule has 1 aromatic rings. The summed E-state index contributed by atoms with van der Waals surface area (Å²) in [5, 5.41) is 12.2. The molecule has 0 radical (unpaired) electrons. The molecule has 2 amide bonds. The van der Waals surface area contributed by atoms with Gasteiger partial charge in [0.15, 0.2) is 6.61 Å². The lowest BCUT2D eigenvalue weighted by Gasteiger charge is -2.35. The number of amides is 2. The van der Waals surface area contributed by atoms with Crippen LogP contribution in [0, 0.1) is 0 Å². The van der Waals surface area contributed by atoms with Crippen LogP contribution in [0.3, 0.4) is 0 Å².